The van der Waals surface area contributed by atoms with E-state index < -0.39 is 22.2 Å². The van der Waals surface area contributed by atoms with Crippen molar-refractivity contribution in [3.63, 3.8) is 0 Å². The number of halogens is 1. The zero-order valence-electron chi connectivity index (χ0n) is 6.90. The summed E-state index contributed by atoms with van der Waals surface area (Å²) in [5.74, 6) is 0. The molecule has 0 amide bonds. The highest BCUT2D eigenvalue weighted by Gasteiger charge is 2.30. The van der Waals surface area contributed by atoms with Gasteiger partial charge in [-0.2, -0.15) is 4.31 Å². The van der Waals surface area contributed by atoms with Gasteiger partial charge in [0.05, 0.1) is 6.26 Å². The summed E-state index contributed by atoms with van der Waals surface area (Å²) in [5, 5.41) is 0. The summed E-state index contributed by atoms with van der Waals surface area (Å²) < 4.78 is 36.0. The molecule has 0 aromatic heterocycles. The first-order valence-electron chi connectivity index (χ1n) is 3.76. The van der Waals surface area contributed by atoms with E-state index in [2.05, 4.69) is 0 Å². The van der Waals surface area contributed by atoms with Crippen LogP contribution in [0.2, 0.25) is 0 Å². The third-order valence-electron chi connectivity index (χ3n) is 2.02. The van der Waals surface area contributed by atoms with Crippen LogP contribution in [0.5, 0.6) is 0 Å². The molecule has 0 spiro atoms. The van der Waals surface area contributed by atoms with Crippen molar-refractivity contribution in [1.82, 2.24) is 4.31 Å². The van der Waals surface area contributed by atoms with E-state index in [4.69, 9.17) is 5.73 Å². The van der Waals surface area contributed by atoms with Crippen LogP contribution in [0.4, 0.5) is 4.39 Å². The fraction of sp³-hybridized carbons (Fsp3) is 1.00. The van der Waals surface area contributed by atoms with Crippen LogP contribution in [0.25, 0.3) is 0 Å². The van der Waals surface area contributed by atoms with Crippen LogP contribution in [0, 0.1) is 0 Å². The molecule has 0 unspecified atom stereocenters. The lowest BCUT2D eigenvalue weighted by molar-refractivity contribution is 0.177. The first-order valence-corrected chi connectivity index (χ1v) is 5.61. The standard InChI is InChI=1S/C6H13FN2O2S/c1-12(10,11)9-3-2-6(8)5(7)4-9/h5-6H,2-4,8H2,1H3/t5-,6-/m0/s1. The van der Waals surface area contributed by atoms with Gasteiger partial charge in [0.1, 0.15) is 6.17 Å². The zero-order valence-corrected chi connectivity index (χ0v) is 7.72. The van der Waals surface area contributed by atoms with Crippen LogP contribution in [-0.4, -0.2) is 44.3 Å². The molecule has 72 valence electrons. The minimum absolute atomic E-state index is 0.0972. The van der Waals surface area contributed by atoms with Gasteiger partial charge in [-0.25, -0.2) is 12.8 Å². The van der Waals surface area contributed by atoms with Gasteiger partial charge < -0.3 is 5.73 Å². The number of hydrogen-bond acceptors (Lipinski definition) is 3. The van der Waals surface area contributed by atoms with E-state index in [1.54, 1.807) is 0 Å². The van der Waals surface area contributed by atoms with Crippen LogP contribution in [0.1, 0.15) is 6.42 Å². The van der Waals surface area contributed by atoms with E-state index in [9.17, 15) is 12.8 Å². The average Bonchev–Trinajstić information content (AvgIpc) is 1.92. The topological polar surface area (TPSA) is 63.4 Å². The van der Waals surface area contributed by atoms with E-state index in [0.29, 0.717) is 13.0 Å². The highest BCUT2D eigenvalue weighted by Crippen LogP contribution is 2.14. The Morgan fingerprint density at radius 2 is 2.17 bits per heavy atom. The fourth-order valence-corrected chi connectivity index (χ4v) is 2.05. The number of alkyl halides is 1. The Bertz CT molecular complexity index is 254. The van der Waals surface area contributed by atoms with Gasteiger partial charge in [-0.3, -0.25) is 0 Å². The summed E-state index contributed by atoms with van der Waals surface area (Å²) in [7, 11) is -3.24. The van der Waals surface area contributed by atoms with E-state index in [1.807, 2.05) is 0 Å². The molecule has 1 fully saturated rings. The molecule has 6 heteroatoms. The minimum atomic E-state index is -3.24. The van der Waals surface area contributed by atoms with Crippen LogP contribution < -0.4 is 5.73 Å². The van der Waals surface area contributed by atoms with E-state index in [-0.39, 0.29) is 6.54 Å². The van der Waals surface area contributed by atoms with Gasteiger partial charge >= 0.3 is 0 Å². The summed E-state index contributed by atoms with van der Waals surface area (Å²) in [5.41, 5.74) is 5.39. The molecule has 0 bridgehead atoms. The van der Waals surface area contributed by atoms with Gasteiger partial charge in [-0.15, -0.1) is 0 Å². The minimum Gasteiger partial charge on any atom is -0.325 e. The number of sulfonamides is 1. The Morgan fingerprint density at radius 1 is 1.58 bits per heavy atom. The van der Waals surface area contributed by atoms with E-state index in [1.165, 1.54) is 0 Å². The molecular formula is C6H13FN2O2S. The van der Waals surface area contributed by atoms with Gasteiger partial charge in [-0.1, -0.05) is 0 Å². The number of nitrogens with two attached hydrogens (primary N) is 1. The molecule has 1 aliphatic heterocycles. The number of rotatable bonds is 1. The molecule has 1 aliphatic rings. The van der Waals surface area contributed by atoms with E-state index >= 15 is 0 Å². The Kier molecular flexibility index (Phi) is 2.70. The average molecular weight is 196 g/mol. The summed E-state index contributed by atoms with van der Waals surface area (Å²) in [6.45, 7) is 0.237. The number of nitrogens with zero attached hydrogens (tertiary/aromatic N) is 1. The number of piperidine rings is 1. The Balaban J connectivity index is 2.64. The maximum absolute atomic E-state index is 12.9. The first kappa shape index (κ1) is 9.88. The van der Waals surface area contributed by atoms with Crippen molar-refractivity contribution in [1.29, 1.82) is 0 Å². The third kappa shape index (κ3) is 2.15. The Morgan fingerprint density at radius 3 is 2.58 bits per heavy atom. The summed E-state index contributed by atoms with van der Waals surface area (Å²) >= 11 is 0. The molecule has 4 nitrogen and oxygen atoms in total. The molecule has 1 saturated heterocycles. The summed E-state index contributed by atoms with van der Waals surface area (Å²) in [6.07, 6.45) is 0.249. The van der Waals surface area contributed by atoms with Crippen LogP contribution in [-0.2, 0) is 10.0 Å². The largest absolute Gasteiger partial charge is 0.325 e. The van der Waals surface area contributed by atoms with Crippen LogP contribution in [0.3, 0.4) is 0 Å². The quantitative estimate of drug-likeness (QED) is 0.604. The third-order valence-corrected chi connectivity index (χ3v) is 3.29. The molecule has 0 radical (unpaired) electrons. The van der Waals surface area contributed by atoms with Gasteiger partial charge in [0.2, 0.25) is 10.0 Å². The molecule has 1 rings (SSSR count). The predicted octanol–water partition coefficient (Wildman–Crippen LogP) is -0.683. The molecule has 0 aromatic carbocycles. The lowest BCUT2D eigenvalue weighted by Gasteiger charge is -2.30. The molecule has 2 atom stereocenters. The SMILES string of the molecule is CS(=O)(=O)N1CC[C@H](N)[C@@H](F)C1. The van der Waals surface area contributed by atoms with Crippen LogP contribution in [0.15, 0.2) is 0 Å². The van der Waals surface area contributed by atoms with Crippen LogP contribution >= 0.6 is 0 Å². The van der Waals surface area contributed by atoms with Crippen molar-refractivity contribution in [3.8, 4) is 0 Å². The fourth-order valence-electron chi connectivity index (χ4n) is 1.20. The maximum atomic E-state index is 12.9. The van der Waals surface area contributed by atoms with Crippen molar-refractivity contribution >= 4 is 10.0 Å². The van der Waals surface area contributed by atoms with Gasteiger partial charge in [-0.05, 0) is 6.42 Å². The van der Waals surface area contributed by atoms with Crippen molar-refractivity contribution in [2.45, 2.75) is 18.6 Å². The normalized spacial score (nSPS) is 33.6. The molecule has 0 aromatic rings. The van der Waals surface area contributed by atoms with Gasteiger partial charge in [0.15, 0.2) is 0 Å². The highest BCUT2D eigenvalue weighted by atomic mass is 32.2. The first-order chi connectivity index (χ1) is 5.41. The summed E-state index contributed by atoms with van der Waals surface area (Å²) in [4.78, 5) is 0. The van der Waals surface area contributed by atoms with Gasteiger partial charge in [0, 0.05) is 19.1 Å². The molecular weight excluding hydrogens is 183 g/mol. The predicted molar refractivity (Wildman–Crippen MR) is 43.9 cm³/mol. The molecule has 12 heavy (non-hydrogen) atoms. The molecule has 0 saturated carbocycles. The maximum Gasteiger partial charge on any atom is 0.211 e. The van der Waals surface area contributed by atoms with Crippen molar-refractivity contribution in [2.75, 3.05) is 19.3 Å². The second kappa shape index (κ2) is 3.27. The van der Waals surface area contributed by atoms with Crippen molar-refractivity contribution < 1.29 is 12.8 Å². The second-order valence-electron chi connectivity index (χ2n) is 3.09. The Hall–Kier alpha value is -0.200. The lowest BCUT2D eigenvalue weighted by Crippen LogP contribution is -2.50. The smallest absolute Gasteiger partial charge is 0.211 e. The highest BCUT2D eigenvalue weighted by molar-refractivity contribution is 7.88. The van der Waals surface area contributed by atoms with Gasteiger partial charge in [0.25, 0.3) is 0 Å². The second-order valence-corrected chi connectivity index (χ2v) is 5.07. The molecule has 0 aliphatic carbocycles. The molecule has 1 heterocycles. The number of hydrogen-bond donors (Lipinski definition) is 1. The van der Waals surface area contributed by atoms with Crippen molar-refractivity contribution in [3.05, 3.63) is 0 Å². The Labute approximate surface area is 71.6 Å². The monoisotopic (exact) mass is 196 g/mol. The van der Waals surface area contributed by atoms with Crippen molar-refractivity contribution in [2.24, 2.45) is 5.73 Å². The molecule has 2 N–H and O–H groups in total. The lowest BCUT2D eigenvalue weighted by atomic mass is 10.1. The zero-order chi connectivity index (χ0) is 9.35. The summed E-state index contributed by atoms with van der Waals surface area (Å²) in [6, 6.07) is -0.511. The van der Waals surface area contributed by atoms with E-state index in [0.717, 1.165) is 10.6 Å².